The average molecular weight is 540 g/mol. The Morgan fingerprint density at radius 2 is 1.89 bits per heavy atom. The molecule has 0 bridgehead atoms. The van der Waals surface area contributed by atoms with Crippen LogP contribution in [0.5, 0.6) is 0 Å². The van der Waals surface area contributed by atoms with Crippen LogP contribution in [0, 0.1) is 19.8 Å². The molecule has 0 radical (unpaired) electrons. The number of sulfone groups is 1. The zero-order valence-corrected chi connectivity index (χ0v) is 23.4. The van der Waals surface area contributed by atoms with Crippen molar-refractivity contribution >= 4 is 27.8 Å². The van der Waals surface area contributed by atoms with E-state index in [2.05, 4.69) is 38.7 Å². The van der Waals surface area contributed by atoms with Crippen molar-refractivity contribution in [1.82, 2.24) is 19.5 Å². The predicted octanol–water partition coefficient (Wildman–Crippen LogP) is 5.22. The van der Waals surface area contributed by atoms with Gasteiger partial charge >= 0.3 is 0 Å². The van der Waals surface area contributed by atoms with Crippen molar-refractivity contribution in [3.8, 4) is 11.4 Å². The Labute approximate surface area is 225 Å². The molecule has 0 aliphatic heterocycles. The van der Waals surface area contributed by atoms with Gasteiger partial charge in [0.2, 0.25) is 5.95 Å². The van der Waals surface area contributed by atoms with Gasteiger partial charge in [-0.25, -0.2) is 23.4 Å². The van der Waals surface area contributed by atoms with Crippen LogP contribution < -0.4 is 5.32 Å². The minimum atomic E-state index is -3.44. The number of hydrogen-bond donors (Lipinski definition) is 1. The second-order valence-electron chi connectivity index (χ2n) is 10.2. The number of aryl methyl sites for hydroxylation is 2. The van der Waals surface area contributed by atoms with E-state index < -0.39 is 9.84 Å². The maximum atomic E-state index is 12.9. The van der Waals surface area contributed by atoms with Crippen molar-refractivity contribution < 1.29 is 17.9 Å². The Hall–Kier alpha value is -3.11. The van der Waals surface area contributed by atoms with Gasteiger partial charge in [0.25, 0.3) is 0 Å². The Balaban J connectivity index is 1.37. The van der Waals surface area contributed by atoms with E-state index in [1.165, 1.54) is 0 Å². The van der Waals surface area contributed by atoms with E-state index in [1.54, 1.807) is 24.4 Å². The van der Waals surface area contributed by atoms with E-state index in [0.29, 0.717) is 19.0 Å². The van der Waals surface area contributed by atoms with E-state index in [4.69, 9.17) is 4.74 Å². The summed E-state index contributed by atoms with van der Waals surface area (Å²) in [6.07, 6.45) is 8.51. The quantitative estimate of drug-likeness (QED) is 0.260. The summed E-state index contributed by atoms with van der Waals surface area (Å²) in [5.74, 6) is 1.51. The van der Waals surface area contributed by atoms with Crippen LogP contribution in [0.25, 0.3) is 11.4 Å². The molecule has 204 valence electrons. The van der Waals surface area contributed by atoms with E-state index in [0.717, 1.165) is 60.4 Å². The third-order valence-electron chi connectivity index (χ3n) is 7.04. The minimum absolute atomic E-state index is 0.0248. The van der Waals surface area contributed by atoms with Crippen LogP contribution >= 0.6 is 0 Å². The van der Waals surface area contributed by atoms with Crippen molar-refractivity contribution in [1.29, 1.82) is 0 Å². The van der Waals surface area contributed by atoms with Crippen LogP contribution in [-0.2, 0) is 19.4 Å². The van der Waals surface area contributed by atoms with Crippen LogP contribution in [0.15, 0.2) is 41.6 Å². The molecule has 9 nitrogen and oxygen atoms in total. The zero-order valence-electron chi connectivity index (χ0n) is 22.6. The molecular formula is C28H37N5O4S. The number of aromatic nitrogens is 4. The zero-order chi connectivity index (χ0) is 27.3. The van der Waals surface area contributed by atoms with Gasteiger partial charge in [0.1, 0.15) is 12.1 Å². The molecule has 0 amide bonds. The molecule has 2 aromatic heterocycles. The van der Waals surface area contributed by atoms with Crippen molar-refractivity contribution in [2.45, 2.75) is 76.8 Å². The molecular weight excluding hydrogens is 502 g/mol. The maximum absolute atomic E-state index is 12.9. The van der Waals surface area contributed by atoms with E-state index in [1.807, 2.05) is 26.1 Å². The molecule has 2 heterocycles. The third-order valence-corrected chi connectivity index (χ3v) is 8.84. The summed E-state index contributed by atoms with van der Waals surface area (Å²) in [7, 11) is -3.44. The minimum Gasteiger partial charge on any atom is -0.378 e. The fraction of sp³-hybridized carbons (Fsp3) is 0.500. The fourth-order valence-electron chi connectivity index (χ4n) is 4.95. The lowest BCUT2D eigenvalue weighted by molar-refractivity contribution is -0.112. The van der Waals surface area contributed by atoms with Crippen LogP contribution in [0.2, 0.25) is 0 Å². The highest BCUT2D eigenvalue weighted by Crippen LogP contribution is 2.27. The first-order valence-corrected chi connectivity index (χ1v) is 14.9. The summed E-state index contributed by atoms with van der Waals surface area (Å²) in [4.78, 5) is 24.6. The number of ether oxygens (including phenoxy) is 1. The molecule has 1 aliphatic rings. The second kappa shape index (κ2) is 12.2. The summed E-state index contributed by atoms with van der Waals surface area (Å²) in [5.41, 5.74) is 3.20. The largest absolute Gasteiger partial charge is 0.378 e. The molecule has 4 rings (SSSR count). The Bertz CT molecular complexity index is 1360. The van der Waals surface area contributed by atoms with Crippen LogP contribution in [0.1, 0.15) is 63.4 Å². The molecule has 10 heteroatoms. The van der Waals surface area contributed by atoms with Crippen LogP contribution in [0.4, 0.5) is 11.6 Å². The summed E-state index contributed by atoms with van der Waals surface area (Å²) < 4.78 is 33.9. The molecule has 3 aromatic rings. The normalized spacial score (nSPS) is 18.0. The van der Waals surface area contributed by atoms with Crippen molar-refractivity contribution in [3.63, 3.8) is 0 Å². The van der Waals surface area contributed by atoms with Crippen LogP contribution in [0.3, 0.4) is 0 Å². The number of carbonyl (C=O) groups is 1. The highest BCUT2D eigenvalue weighted by molar-refractivity contribution is 7.91. The first kappa shape index (κ1) is 27.9. The number of nitrogens with zero attached hydrogens (tertiary/aromatic N) is 4. The van der Waals surface area contributed by atoms with Crippen molar-refractivity contribution in [3.05, 3.63) is 48.0 Å². The highest BCUT2D eigenvalue weighted by Gasteiger charge is 2.22. The number of imidazole rings is 1. The molecule has 0 spiro atoms. The first-order chi connectivity index (χ1) is 18.2. The summed E-state index contributed by atoms with van der Waals surface area (Å²) in [6, 6.07) is 7.14. The average Bonchev–Trinajstić information content (AvgIpc) is 3.30. The number of nitrogens with one attached hydrogen (secondary N) is 1. The van der Waals surface area contributed by atoms with E-state index >= 15 is 0 Å². The molecule has 1 aliphatic carbocycles. The molecule has 0 unspecified atom stereocenters. The van der Waals surface area contributed by atoms with Crippen molar-refractivity contribution in [2.75, 3.05) is 17.7 Å². The number of anilines is 2. The lowest BCUT2D eigenvalue weighted by Gasteiger charge is -2.25. The van der Waals surface area contributed by atoms with Gasteiger partial charge in [-0.1, -0.05) is 0 Å². The molecule has 1 fully saturated rings. The van der Waals surface area contributed by atoms with E-state index in [9.17, 15) is 13.2 Å². The molecule has 1 N–H and O–H groups in total. The highest BCUT2D eigenvalue weighted by atomic mass is 32.2. The SMILES string of the molecule is Cc1cc(S(=O)(=O)CCCOC2CCC(C=O)CC2)ccc1Nc1nccc(-c2cnc(C)n2C(C)C)n1. The number of hydrogen-bond acceptors (Lipinski definition) is 8. The third kappa shape index (κ3) is 6.66. The summed E-state index contributed by atoms with van der Waals surface area (Å²) in [6.45, 7) is 8.44. The number of rotatable bonds is 11. The van der Waals surface area contributed by atoms with Gasteiger partial charge < -0.3 is 19.4 Å². The van der Waals surface area contributed by atoms with Gasteiger partial charge in [0.05, 0.1) is 34.3 Å². The summed E-state index contributed by atoms with van der Waals surface area (Å²) >= 11 is 0. The number of carbonyl (C=O) groups excluding carboxylic acids is 1. The molecule has 0 saturated heterocycles. The first-order valence-electron chi connectivity index (χ1n) is 13.2. The van der Waals surface area contributed by atoms with Gasteiger partial charge in [0, 0.05) is 30.5 Å². The smallest absolute Gasteiger partial charge is 0.227 e. The molecule has 1 saturated carbocycles. The van der Waals surface area contributed by atoms with E-state index in [-0.39, 0.29) is 28.7 Å². The summed E-state index contributed by atoms with van der Waals surface area (Å²) in [5, 5.41) is 3.22. The van der Waals surface area contributed by atoms with Gasteiger partial charge in [-0.15, -0.1) is 0 Å². The Kier molecular flexibility index (Phi) is 8.94. The van der Waals surface area contributed by atoms with Crippen LogP contribution in [-0.4, -0.2) is 52.7 Å². The molecule has 0 atom stereocenters. The van der Waals surface area contributed by atoms with Gasteiger partial charge in [0.15, 0.2) is 9.84 Å². The van der Waals surface area contributed by atoms with Crippen molar-refractivity contribution in [2.24, 2.45) is 5.92 Å². The topological polar surface area (TPSA) is 116 Å². The van der Waals surface area contributed by atoms with Gasteiger partial charge in [-0.05, 0) is 89.6 Å². The molecule has 1 aromatic carbocycles. The Morgan fingerprint density at radius 1 is 1.13 bits per heavy atom. The lowest BCUT2D eigenvalue weighted by Crippen LogP contribution is -2.23. The Morgan fingerprint density at radius 3 is 2.58 bits per heavy atom. The molecule has 38 heavy (non-hydrogen) atoms. The monoisotopic (exact) mass is 539 g/mol. The lowest BCUT2D eigenvalue weighted by atomic mass is 9.88. The van der Waals surface area contributed by atoms with Gasteiger partial charge in [-0.2, -0.15) is 0 Å². The van der Waals surface area contributed by atoms with Gasteiger partial charge in [-0.3, -0.25) is 0 Å². The maximum Gasteiger partial charge on any atom is 0.227 e. The number of aldehydes is 1. The fourth-order valence-corrected chi connectivity index (χ4v) is 6.32. The predicted molar refractivity (Wildman–Crippen MR) is 147 cm³/mol. The number of benzene rings is 1. The second-order valence-corrected chi connectivity index (χ2v) is 12.3. The standard InChI is InChI=1S/C28H37N5O4S/c1-19(2)33-21(4)30-17-27(33)26-12-13-29-28(32-26)31-25-11-10-24(16-20(25)3)38(35,36)15-5-14-37-23-8-6-22(18-34)7-9-23/h10-13,16-19,22-23H,5-9,14-15H2,1-4H3,(H,29,31,32).